The molecule has 0 saturated carbocycles. The van der Waals surface area contributed by atoms with Gasteiger partial charge in [-0.1, -0.05) is 13.8 Å². The molecule has 0 atom stereocenters. The molecule has 1 N–H and O–H groups in total. The lowest BCUT2D eigenvalue weighted by atomic mass is 10.0. The summed E-state index contributed by atoms with van der Waals surface area (Å²) in [5, 5.41) is 3.64. The predicted octanol–water partition coefficient (Wildman–Crippen LogP) is 0.861. The van der Waals surface area contributed by atoms with Crippen LogP contribution in [0.3, 0.4) is 0 Å². The Balaban J connectivity index is 1.62. The number of carbonyl (C=O) groups is 1. The fourth-order valence-corrected chi connectivity index (χ4v) is 3.21. The van der Waals surface area contributed by atoms with Gasteiger partial charge in [0.25, 0.3) is 0 Å². The molecular formula is C17H34N4O. The van der Waals surface area contributed by atoms with Crippen LogP contribution >= 0.6 is 0 Å². The summed E-state index contributed by atoms with van der Waals surface area (Å²) in [5.41, 5.74) is 0. The standard InChI is InChI=1S/C17H34N4O/c1-15(2)4-7-18-16-5-8-21(9-6-16)17(22)14-20-12-10-19(3)11-13-20/h15-16,18H,4-14H2,1-3H3. The smallest absolute Gasteiger partial charge is 0.236 e. The Kier molecular flexibility index (Phi) is 7.12. The molecule has 2 aliphatic heterocycles. The van der Waals surface area contributed by atoms with Crippen molar-refractivity contribution in [3.05, 3.63) is 0 Å². The Morgan fingerprint density at radius 2 is 1.73 bits per heavy atom. The van der Waals surface area contributed by atoms with Crippen LogP contribution in [0, 0.1) is 5.92 Å². The van der Waals surface area contributed by atoms with E-state index in [4.69, 9.17) is 0 Å². The highest BCUT2D eigenvalue weighted by atomic mass is 16.2. The first kappa shape index (κ1) is 17.7. The van der Waals surface area contributed by atoms with Crippen LogP contribution in [0.25, 0.3) is 0 Å². The van der Waals surface area contributed by atoms with Gasteiger partial charge in [-0.3, -0.25) is 9.69 Å². The molecule has 0 spiro atoms. The van der Waals surface area contributed by atoms with E-state index in [1.807, 2.05) is 0 Å². The predicted molar refractivity (Wildman–Crippen MR) is 91.0 cm³/mol. The molecule has 5 heteroatoms. The Morgan fingerprint density at radius 1 is 1.09 bits per heavy atom. The molecular weight excluding hydrogens is 276 g/mol. The van der Waals surface area contributed by atoms with Gasteiger partial charge in [0.05, 0.1) is 6.54 Å². The highest BCUT2D eigenvalue weighted by molar-refractivity contribution is 5.78. The minimum atomic E-state index is 0.324. The van der Waals surface area contributed by atoms with Crippen LogP contribution in [0.4, 0.5) is 0 Å². The van der Waals surface area contributed by atoms with Crippen molar-refractivity contribution in [2.45, 2.75) is 39.2 Å². The maximum absolute atomic E-state index is 12.4. The van der Waals surface area contributed by atoms with Gasteiger partial charge < -0.3 is 15.1 Å². The normalized spacial score (nSPS) is 22.5. The minimum Gasteiger partial charge on any atom is -0.341 e. The van der Waals surface area contributed by atoms with Gasteiger partial charge in [-0.25, -0.2) is 0 Å². The number of rotatable bonds is 6. The van der Waals surface area contributed by atoms with Crippen molar-refractivity contribution in [3.63, 3.8) is 0 Å². The number of likely N-dealkylation sites (tertiary alicyclic amines) is 1. The van der Waals surface area contributed by atoms with Crippen LogP contribution in [-0.4, -0.2) is 86.1 Å². The monoisotopic (exact) mass is 310 g/mol. The van der Waals surface area contributed by atoms with Gasteiger partial charge in [-0.2, -0.15) is 0 Å². The largest absolute Gasteiger partial charge is 0.341 e. The molecule has 22 heavy (non-hydrogen) atoms. The van der Waals surface area contributed by atoms with E-state index in [0.717, 1.165) is 64.6 Å². The molecule has 0 unspecified atom stereocenters. The highest BCUT2D eigenvalue weighted by Gasteiger charge is 2.24. The van der Waals surface area contributed by atoms with E-state index in [1.54, 1.807) is 0 Å². The zero-order valence-corrected chi connectivity index (χ0v) is 14.7. The molecule has 0 aromatic rings. The van der Waals surface area contributed by atoms with Gasteiger partial charge >= 0.3 is 0 Å². The molecule has 2 aliphatic rings. The fourth-order valence-electron chi connectivity index (χ4n) is 3.21. The van der Waals surface area contributed by atoms with Gasteiger partial charge in [0.15, 0.2) is 0 Å². The average Bonchev–Trinajstić information content (AvgIpc) is 2.50. The molecule has 2 heterocycles. The number of nitrogens with zero attached hydrogens (tertiary/aromatic N) is 3. The molecule has 2 fully saturated rings. The zero-order chi connectivity index (χ0) is 15.9. The molecule has 0 radical (unpaired) electrons. The van der Waals surface area contributed by atoms with Crippen molar-refractivity contribution in [2.24, 2.45) is 5.92 Å². The molecule has 2 rings (SSSR count). The lowest BCUT2D eigenvalue weighted by molar-refractivity contribution is -0.133. The third-order valence-electron chi connectivity index (χ3n) is 4.96. The minimum absolute atomic E-state index is 0.324. The van der Waals surface area contributed by atoms with Crippen molar-refractivity contribution in [2.75, 3.05) is 59.4 Å². The molecule has 1 amide bonds. The summed E-state index contributed by atoms with van der Waals surface area (Å²) in [7, 11) is 2.15. The van der Waals surface area contributed by atoms with Crippen molar-refractivity contribution in [1.82, 2.24) is 20.0 Å². The SMILES string of the molecule is CC(C)CCNC1CCN(C(=O)CN2CCN(C)CC2)CC1. The number of piperidine rings is 1. The van der Waals surface area contributed by atoms with Crippen LogP contribution in [0.1, 0.15) is 33.1 Å². The van der Waals surface area contributed by atoms with E-state index >= 15 is 0 Å². The fraction of sp³-hybridized carbons (Fsp3) is 0.941. The van der Waals surface area contributed by atoms with Crippen LogP contribution in [0.5, 0.6) is 0 Å². The number of amides is 1. The van der Waals surface area contributed by atoms with Gasteiger partial charge in [0, 0.05) is 45.3 Å². The quantitative estimate of drug-likeness (QED) is 0.790. The highest BCUT2D eigenvalue weighted by Crippen LogP contribution is 2.12. The second kappa shape index (κ2) is 8.85. The molecule has 128 valence electrons. The third kappa shape index (κ3) is 5.86. The molecule has 0 aromatic carbocycles. The Morgan fingerprint density at radius 3 is 2.32 bits per heavy atom. The maximum atomic E-state index is 12.4. The van der Waals surface area contributed by atoms with Crippen molar-refractivity contribution < 1.29 is 4.79 Å². The van der Waals surface area contributed by atoms with E-state index < -0.39 is 0 Å². The summed E-state index contributed by atoms with van der Waals surface area (Å²) in [4.78, 5) is 19.1. The topological polar surface area (TPSA) is 38.8 Å². The second-order valence-corrected chi connectivity index (χ2v) is 7.37. The van der Waals surface area contributed by atoms with E-state index in [-0.39, 0.29) is 0 Å². The van der Waals surface area contributed by atoms with Gasteiger partial charge in [-0.15, -0.1) is 0 Å². The summed E-state index contributed by atoms with van der Waals surface area (Å²) in [6, 6.07) is 0.603. The van der Waals surface area contributed by atoms with Crippen LogP contribution in [-0.2, 0) is 4.79 Å². The maximum Gasteiger partial charge on any atom is 0.236 e. The van der Waals surface area contributed by atoms with Crippen molar-refractivity contribution >= 4 is 5.91 Å². The number of carbonyl (C=O) groups excluding carboxylic acids is 1. The first-order valence-corrected chi connectivity index (χ1v) is 8.96. The summed E-state index contributed by atoms with van der Waals surface area (Å²) in [6.07, 6.45) is 3.45. The summed E-state index contributed by atoms with van der Waals surface area (Å²) >= 11 is 0. The Hall–Kier alpha value is -0.650. The lowest BCUT2D eigenvalue weighted by Gasteiger charge is -2.36. The second-order valence-electron chi connectivity index (χ2n) is 7.37. The Bertz CT molecular complexity index is 332. The number of piperazine rings is 1. The van der Waals surface area contributed by atoms with Crippen LogP contribution in [0.15, 0.2) is 0 Å². The van der Waals surface area contributed by atoms with E-state index in [1.165, 1.54) is 6.42 Å². The van der Waals surface area contributed by atoms with Gasteiger partial charge in [-0.05, 0) is 38.8 Å². The first-order valence-electron chi connectivity index (χ1n) is 8.96. The van der Waals surface area contributed by atoms with E-state index in [2.05, 4.69) is 40.9 Å². The average molecular weight is 310 g/mol. The molecule has 0 aliphatic carbocycles. The van der Waals surface area contributed by atoms with Crippen molar-refractivity contribution in [3.8, 4) is 0 Å². The summed E-state index contributed by atoms with van der Waals surface area (Å²) in [6.45, 7) is 12.3. The van der Waals surface area contributed by atoms with Crippen LogP contribution < -0.4 is 5.32 Å². The number of likely N-dealkylation sites (N-methyl/N-ethyl adjacent to an activating group) is 1. The third-order valence-corrected chi connectivity index (χ3v) is 4.96. The molecule has 2 saturated heterocycles. The van der Waals surface area contributed by atoms with Crippen molar-refractivity contribution in [1.29, 1.82) is 0 Å². The lowest BCUT2D eigenvalue weighted by Crippen LogP contribution is -2.51. The summed E-state index contributed by atoms with van der Waals surface area (Å²) < 4.78 is 0. The number of hydrogen-bond donors (Lipinski definition) is 1. The van der Waals surface area contributed by atoms with Crippen LogP contribution in [0.2, 0.25) is 0 Å². The zero-order valence-electron chi connectivity index (χ0n) is 14.7. The van der Waals surface area contributed by atoms with Gasteiger partial charge in [0.1, 0.15) is 0 Å². The first-order chi connectivity index (χ1) is 10.5. The molecule has 0 aromatic heterocycles. The van der Waals surface area contributed by atoms with E-state index in [9.17, 15) is 4.79 Å². The number of nitrogens with one attached hydrogen (secondary N) is 1. The van der Waals surface area contributed by atoms with Gasteiger partial charge in [0.2, 0.25) is 5.91 Å². The van der Waals surface area contributed by atoms with E-state index in [0.29, 0.717) is 18.5 Å². The number of hydrogen-bond acceptors (Lipinski definition) is 4. The molecule has 5 nitrogen and oxygen atoms in total. The summed E-state index contributed by atoms with van der Waals surface area (Å²) in [5.74, 6) is 1.09. The molecule has 0 bridgehead atoms. The Labute approximate surface area is 136 Å².